The lowest BCUT2D eigenvalue weighted by molar-refractivity contribution is 0.375. The molecule has 31 heavy (non-hydrogen) atoms. The van der Waals surface area contributed by atoms with Crippen LogP contribution in [0.1, 0.15) is 68.1 Å². The number of rotatable bonds is 5. The summed E-state index contributed by atoms with van der Waals surface area (Å²) in [5.74, 6) is -0.00298. The second kappa shape index (κ2) is 9.21. The van der Waals surface area contributed by atoms with Gasteiger partial charge in [0, 0.05) is 11.3 Å². The fraction of sp³-hybridized carbons (Fsp3) is 0.357. The minimum absolute atomic E-state index is 0.236. The number of methoxy groups -OCH3 is 1. The molecule has 1 aliphatic rings. The molecule has 1 unspecified atom stereocenters. The van der Waals surface area contributed by atoms with Crippen LogP contribution in [0.25, 0.3) is 10.8 Å². The number of fused-ring (bicyclic) bond motifs is 1. The largest absolute Gasteiger partial charge is 0.497 e. The summed E-state index contributed by atoms with van der Waals surface area (Å²) in [7, 11) is 1.52. The molecule has 1 aliphatic carbocycles. The molecule has 3 aromatic rings. The molecule has 1 atom stereocenters. The molecule has 0 radical (unpaired) electrons. The van der Waals surface area contributed by atoms with Gasteiger partial charge in [0.1, 0.15) is 5.75 Å². The molecule has 0 aliphatic heterocycles. The van der Waals surface area contributed by atoms with E-state index in [1.54, 1.807) is 24.3 Å². The van der Waals surface area contributed by atoms with E-state index in [4.69, 9.17) is 4.74 Å². The molecule has 162 valence electrons. The van der Waals surface area contributed by atoms with Gasteiger partial charge in [0.2, 0.25) is 0 Å². The number of hydrogen-bond donors (Lipinski definition) is 0. The normalized spacial score (nSPS) is 20.3. The molecule has 3 aromatic carbocycles. The van der Waals surface area contributed by atoms with E-state index in [9.17, 15) is 8.78 Å². The molecule has 4 rings (SSSR count). The molecule has 0 spiro atoms. The third kappa shape index (κ3) is 4.37. The van der Waals surface area contributed by atoms with Crippen molar-refractivity contribution >= 4 is 10.8 Å². The first-order chi connectivity index (χ1) is 15.0. The fourth-order valence-corrected chi connectivity index (χ4v) is 4.92. The van der Waals surface area contributed by atoms with E-state index in [2.05, 4.69) is 43.3 Å². The van der Waals surface area contributed by atoms with Gasteiger partial charge in [-0.15, -0.1) is 0 Å². The molecule has 0 bridgehead atoms. The van der Waals surface area contributed by atoms with Crippen LogP contribution in [0.2, 0.25) is 0 Å². The van der Waals surface area contributed by atoms with Crippen LogP contribution in [0.5, 0.6) is 5.75 Å². The number of hydrogen-bond acceptors (Lipinski definition) is 1. The van der Waals surface area contributed by atoms with Crippen LogP contribution in [-0.4, -0.2) is 7.11 Å². The first-order valence-corrected chi connectivity index (χ1v) is 11.2. The Hall–Kier alpha value is -2.68. The van der Waals surface area contributed by atoms with Crippen molar-refractivity contribution in [2.24, 2.45) is 5.92 Å². The molecule has 1 saturated carbocycles. The Bertz CT molecular complexity index is 1080. The zero-order valence-corrected chi connectivity index (χ0v) is 18.5. The van der Waals surface area contributed by atoms with E-state index < -0.39 is 11.6 Å². The summed E-state index contributed by atoms with van der Waals surface area (Å²) in [5, 5.41) is 0.924. The van der Waals surface area contributed by atoms with Crippen LogP contribution in [0.4, 0.5) is 8.78 Å². The quantitative estimate of drug-likeness (QED) is 0.379. The van der Waals surface area contributed by atoms with E-state index >= 15 is 0 Å². The van der Waals surface area contributed by atoms with Gasteiger partial charge in [-0.3, -0.25) is 0 Å². The predicted octanol–water partition coefficient (Wildman–Crippen LogP) is 8.13. The first kappa shape index (κ1) is 21.5. The van der Waals surface area contributed by atoms with Crippen molar-refractivity contribution in [3.8, 4) is 5.75 Å². The molecule has 0 saturated heterocycles. The highest BCUT2D eigenvalue weighted by Crippen LogP contribution is 2.38. The van der Waals surface area contributed by atoms with E-state index in [-0.39, 0.29) is 11.3 Å². The smallest absolute Gasteiger partial charge is 0.167 e. The van der Waals surface area contributed by atoms with Gasteiger partial charge < -0.3 is 4.74 Å². The summed E-state index contributed by atoms with van der Waals surface area (Å²) in [6.07, 6.45) is 9.37. The third-order valence-corrected chi connectivity index (χ3v) is 6.86. The van der Waals surface area contributed by atoms with Crippen LogP contribution in [0.15, 0.2) is 60.7 Å². The van der Waals surface area contributed by atoms with Gasteiger partial charge in [-0.2, -0.15) is 0 Å². The topological polar surface area (TPSA) is 9.23 Å². The van der Waals surface area contributed by atoms with Crippen molar-refractivity contribution in [1.29, 1.82) is 0 Å². The number of ether oxygens (including phenoxy) is 1. The Balaban J connectivity index is 1.56. The van der Waals surface area contributed by atoms with Crippen molar-refractivity contribution in [2.75, 3.05) is 7.11 Å². The number of halogens is 2. The minimum atomic E-state index is -0.812. The highest BCUT2D eigenvalue weighted by atomic mass is 19.2. The van der Waals surface area contributed by atoms with Crippen molar-refractivity contribution in [3.05, 3.63) is 89.0 Å². The summed E-state index contributed by atoms with van der Waals surface area (Å²) in [6.45, 7) is 4.03. The van der Waals surface area contributed by atoms with E-state index in [1.807, 2.05) is 6.92 Å². The number of benzene rings is 3. The van der Waals surface area contributed by atoms with Crippen LogP contribution < -0.4 is 4.74 Å². The molecule has 0 amide bonds. The zero-order chi connectivity index (χ0) is 22.0. The van der Waals surface area contributed by atoms with E-state index in [0.717, 1.165) is 5.56 Å². The van der Waals surface area contributed by atoms with E-state index in [1.165, 1.54) is 38.4 Å². The van der Waals surface area contributed by atoms with Gasteiger partial charge in [0.25, 0.3) is 0 Å². The van der Waals surface area contributed by atoms with Crippen LogP contribution in [0, 0.1) is 17.6 Å². The molecule has 3 heteroatoms. The lowest BCUT2D eigenvalue weighted by Crippen LogP contribution is -2.11. The molecular formula is C28H30F2O. The Morgan fingerprint density at radius 2 is 1.65 bits per heavy atom. The lowest BCUT2D eigenvalue weighted by Gasteiger charge is -2.27. The van der Waals surface area contributed by atoms with Gasteiger partial charge in [-0.1, -0.05) is 49.4 Å². The lowest BCUT2D eigenvalue weighted by atomic mass is 9.78. The Labute approximate surface area is 183 Å². The van der Waals surface area contributed by atoms with Gasteiger partial charge in [-0.05, 0) is 84.7 Å². The maximum Gasteiger partial charge on any atom is 0.167 e. The highest BCUT2D eigenvalue weighted by molar-refractivity contribution is 5.85. The Kier molecular flexibility index (Phi) is 6.41. The van der Waals surface area contributed by atoms with Crippen molar-refractivity contribution < 1.29 is 13.5 Å². The van der Waals surface area contributed by atoms with Gasteiger partial charge in [-0.25, -0.2) is 8.78 Å². The summed E-state index contributed by atoms with van der Waals surface area (Å²) < 4.78 is 34.9. The maximum atomic E-state index is 15.0. The van der Waals surface area contributed by atoms with Gasteiger partial charge >= 0.3 is 0 Å². The second-order valence-corrected chi connectivity index (χ2v) is 8.71. The zero-order valence-electron chi connectivity index (χ0n) is 18.5. The third-order valence-electron chi connectivity index (χ3n) is 6.86. The average molecular weight is 421 g/mol. The van der Waals surface area contributed by atoms with Crippen LogP contribution in [-0.2, 0) is 0 Å². The Morgan fingerprint density at radius 1 is 0.935 bits per heavy atom. The standard InChI is InChI=1S/C28H30F2O/c1-4-5-19-6-8-21(9-7-19)22-12-10-20(11-13-22)18(2)25-16-23-14-15-24(31-3)17-26(23)28(30)27(25)29/h4-5,10-19,21H,6-9H2,1-3H3/b5-4+. The summed E-state index contributed by atoms with van der Waals surface area (Å²) in [6, 6.07) is 15.4. The molecule has 0 aromatic heterocycles. The monoisotopic (exact) mass is 420 g/mol. The molecule has 0 N–H and O–H groups in total. The van der Waals surface area contributed by atoms with Crippen molar-refractivity contribution in [2.45, 2.75) is 51.4 Å². The van der Waals surface area contributed by atoms with Gasteiger partial charge in [0.05, 0.1) is 7.11 Å². The second-order valence-electron chi connectivity index (χ2n) is 8.71. The highest BCUT2D eigenvalue weighted by Gasteiger charge is 2.22. The minimum Gasteiger partial charge on any atom is -0.497 e. The summed E-state index contributed by atoms with van der Waals surface area (Å²) in [4.78, 5) is 0. The molecule has 0 heterocycles. The SMILES string of the molecule is C/C=C/C1CCC(c2ccc(C(C)c3cc4ccc(OC)cc4c(F)c3F)cc2)CC1. The predicted molar refractivity (Wildman–Crippen MR) is 124 cm³/mol. The molecular weight excluding hydrogens is 390 g/mol. The number of allylic oxidation sites excluding steroid dienone is 2. The van der Waals surface area contributed by atoms with E-state index in [0.29, 0.717) is 28.5 Å². The van der Waals surface area contributed by atoms with Crippen molar-refractivity contribution in [3.63, 3.8) is 0 Å². The first-order valence-electron chi connectivity index (χ1n) is 11.2. The molecule has 1 nitrogen and oxygen atoms in total. The summed E-state index contributed by atoms with van der Waals surface area (Å²) >= 11 is 0. The van der Waals surface area contributed by atoms with Crippen molar-refractivity contribution in [1.82, 2.24) is 0 Å². The van der Waals surface area contributed by atoms with Crippen LogP contribution >= 0.6 is 0 Å². The average Bonchev–Trinajstić information content (AvgIpc) is 2.81. The van der Waals surface area contributed by atoms with Gasteiger partial charge in [0.15, 0.2) is 11.6 Å². The molecule has 1 fully saturated rings. The maximum absolute atomic E-state index is 15.0. The van der Waals surface area contributed by atoms with Crippen LogP contribution in [0.3, 0.4) is 0 Å². The Morgan fingerprint density at radius 3 is 2.29 bits per heavy atom. The fourth-order valence-electron chi connectivity index (χ4n) is 4.92. The summed E-state index contributed by atoms with van der Waals surface area (Å²) in [5.41, 5.74) is 2.74.